The van der Waals surface area contributed by atoms with Crippen LogP contribution in [0.15, 0.2) is 65.6 Å². The summed E-state index contributed by atoms with van der Waals surface area (Å²) in [4.78, 5) is 39.0. The van der Waals surface area contributed by atoms with Crippen molar-refractivity contribution in [1.82, 2.24) is 4.90 Å². The van der Waals surface area contributed by atoms with Crippen molar-refractivity contribution in [2.75, 3.05) is 18.5 Å². The number of aryl methyl sites for hydroxylation is 1. The summed E-state index contributed by atoms with van der Waals surface area (Å²) in [7, 11) is 0. The van der Waals surface area contributed by atoms with E-state index in [4.69, 9.17) is 32.7 Å². The molecule has 0 bridgehead atoms. The van der Waals surface area contributed by atoms with E-state index in [9.17, 15) is 14.4 Å². The molecule has 0 spiro atoms. The topological polar surface area (TPSA) is 84.9 Å². The number of nitrogens with zero attached hydrogens (tertiary/aromatic N) is 1. The minimum Gasteiger partial charge on any atom is -0.490 e. The van der Waals surface area contributed by atoms with Crippen LogP contribution in [0.1, 0.15) is 23.6 Å². The molecule has 1 aliphatic heterocycles. The van der Waals surface area contributed by atoms with Crippen LogP contribution in [0.5, 0.6) is 11.5 Å². The number of imide groups is 1. The van der Waals surface area contributed by atoms with Gasteiger partial charge in [-0.1, -0.05) is 53.0 Å². The highest BCUT2D eigenvalue weighted by atomic mass is 35.5. The van der Waals surface area contributed by atoms with Crippen LogP contribution in [0.3, 0.4) is 0 Å². The lowest BCUT2D eigenvalue weighted by atomic mass is 10.1. The average molecular weight is 571 g/mol. The highest BCUT2D eigenvalue weighted by molar-refractivity contribution is 8.18. The fraction of sp³-hybridized carbons (Fsp3) is 0.179. The molecule has 1 saturated heterocycles. The van der Waals surface area contributed by atoms with Crippen molar-refractivity contribution >= 4 is 63.8 Å². The molecular weight excluding hydrogens is 547 g/mol. The number of halogens is 2. The molecule has 1 N–H and O–H groups in total. The van der Waals surface area contributed by atoms with Gasteiger partial charge in [-0.15, -0.1) is 0 Å². The highest BCUT2D eigenvalue weighted by Gasteiger charge is 2.36. The van der Waals surface area contributed by atoms with Gasteiger partial charge in [0.2, 0.25) is 5.91 Å². The van der Waals surface area contributed by atoms with Gasteiger partial charge in [-0.3, -0.25) is 19.3 Å². The predicted molar refractivity (Wildman–Crippen MR) is 151 cm³/mol. The van der Waals surface area contributed by atoms with Crippen LogP contribution in [0, 0.1) is 6.92 Å². The zero-order valence-corrected chi connectivity index (χ0v) is 23.0. The van der Waals surface area contributed by atoms with Gasteiger partial charge in [0.05, 0.1) is 11.5 Å². The molecule has 1 heterocycles. The predicted octanol–water partition coefficient (Wildman–Crippen LogP) is 6.95. The third kappa shape index (κ3) is 6.89. The molecule has 3 aromatic rings. The van der Waals surface area contributed by atoms with Crippen LogP contribution < -0.4 is 14.8 Å². The molecule has 0 aromatic heterocycles. The van der Waals surface area contributed by atoms with E-state index in [0.29, 0.717) is 39.4 Å². The van der Waals surface area contributed by atoms with Gasteiger partial charge in [-0.05, 0) is 73.6 Å². The maximum absolute atomic E-state index is 12.9. The number of ether oxygens (including phenoxy) is 2. The first-order valence-electron chi connectivity index (χ1n) is 11.7. The number of thioether (sulfide) groups is 1. The minimum absolute atomic E-state index is 0.207. The van der Waals surface area contributed by atoms with Crippen LogP contribution in [0.25, 0.3) is 6.08 Å². The van der Waals surface area contributed by atoms with Crippen LogP contribution >= 0.6 is 35.0 Å². The second-order valence-electron chi connectivity index (χ2n) is 8.35. The van der Waals surface area contributed by atoms with Crippen molar-refractivity contribution in [3.63, 3.8) is 0 Å². The zero-order valence-electron chi connectivity index (χ0n) is 20.6. The summed E-state index contributed by atoms with van der Waals surface area (Å²) in [6.45, 7) is 4.01. The van der Waals surface area contributed by atoms with Gasteiger partial charge in [0.25, 0.3) is 11.1 Å². The van der Waals surface area contributed by atoms with E-state index in [1.165, 1.54) is 0 Å². The Morgan fingerprint density at radius 2 is 1.76 bits per heavy atom. The van der Waals surface area contributed by atoms with Crippen molar-refractivity contribution in [2.45, 2.75) is 20.5 Å². The third-order valence-electron chi connectivity index (χ3n) is 5.47. The van der Waals surface area contributed by atoms with Gasteiger partial charge in [0.1, 0.15) is 13.2 Å². The SMILES string of the molecule is CCOc1cc(/C=C2/SC(=O)N(CC(=O)Nc3ccc(C)cc3)C2=O)ccc1OCc1ccc(Cl)cc1Cl. The number of carbonyl (C=O) groups excluding carboxylic acids is 3. The molecule has 3 amide bonds. The fourth-order valence-electron chi connectivity index (χ4n) is 3.56. The van der Waals surface area contributed by atoms with Gasteiger partial charge in [0, 0.05) is 21.3 Å². The van der Waals surface area contributed by atoms with Crippen molar-refractivity contribution in [3.8, 4) is 11.5 Å². The molecule has 0 aliphatic carbocycles. The molecule has 1 fully saturated rings. The summed E-state index contributed by atoms with van der Waals surface area (Å²) < 4.78 is 11.7. The molecule has 3 aromatic carbocycles. The first kappa shape index (κ1) is 27.6. The fourth-order valence-corrected chi connectivity index (χ4v) is 4.87. The summed E-state index contributed by atoms with van der Waals surface area (Å²) in [5.41, 5.74) is 3.05. The lowest BCUT2D eigenvalue weighted by Crippen LogP contribution is -2.36. The Morgan fingerprint density at radius 3 is 2.47 bits per heavy atom. The second-order valence-corrected chi connectivity index (χ2v) is 10.2. The smallest absolute Gasteiger partial charge is 0.294 e. The summed E-state index contributed by atoms with van der Waals surface area (Å²) in [6, 6.07) is 17.6. The lowest BCUT2D eigenvalue weighted by Gasteiger charge is -2.14. The van der Waals surface area contributed by atoms with E-state index >= 15 is 0 Å². The molecule has 0 unspecified atom stereocenters. The number of amides is 3. The number of hydrogen-bond donors (Lipinski definition) is 1. The number of nitrogens with one attached hydrogen (secondary N) is 1. The summed E-state index contributed by atoms with van der Waals surface area (Å²) in [5, 5.41) is 3.22. The Hall–Kier alpha value is -3.46. The van der Waals surface area contributed by atoms with Crippen molar-refractivity contribution < 1.29 is 23.9 Å². The number of benzene rings is 3. The Labute approximate surface area is 234 Å². The summed E-state index contributed by atoms with van der Waals surface area (Å²) in [6.07, 6.45) is 1.59. The maximum atomic E-state index is 12.9. The molecule has 0 saturated carbocycles. The van der Waals surface area contributed by atoms with Gasteiger partial charge in [-0.2, -0.15) is 0 Å². The molecule has 38 heavy (non-hydrogen) atoms. The number of carbonyl (C=O) groups is 3. The van der Waals surface area contributed by atoms with Gasteiger partial charge in [-0.25, -0.2) is 0 Å². The molecule has 196 valence electrons. The van der Waals surface area contributed by atoms with Crippen LogP contribution in [-0.4, -0.2) is 35.1 Å². The van der Waals surface area contributed by atoms with Gasteiger partial charge in [0.15, 0.2) is 11.5 Å². The molecule has 7 nitrogen and oxygen atoms in total. The van der Waals surface area contributed by atoms with E-state index in [2.05, 4.69) is 5.32 Å². The highest BCUT2D eigenvalue weighted by Crippen LogP contribution is 2.35. The van der Waals surface area contributed by atoms with Gasteiger partial charge >= 0.3 is 0 Å². The molecule has 0 atom stereocenters. The van der Waals surface area contributed by atoms with E-state index < -0.39 is 17.1 Å². The summed E-state index contributed by atoms with van der Waals surface area (Å²) in [5.74, 6) is -0.0213. The quantitative estimate of drug-likeness (QED) is 0.280. The average Bonchev–Trinajstić information content (AvgIpc) is 3.13. The standard InChI is InChI=1S/C28H24Cl2N2O5S/c1-3-36-24-12-18(6-11-23(24)37-16-19-7-8-20(29)14-22(19)30)13-25-27(34)32(28(35)38-25)15-26(33)31-21-9-4-17(2)5-10-21/h4-14H,3,15-16H2,1-2H3,(H,31,33)/b25-13+. The summed E-state index contributed by atoms with van der Waals surface area (Å²) >= 11 is 13.0. The lowest BCUT2D eigenvalue weighted by molar-refractivity contribution is -0.127. The normalized spacial score (nSPS) is 14.2. The van der Waals surface area contributed by atoms with Gasteiger partial charge < -0.3 is 14.8 Å². The second kappa shape index (κ2) is 12.4. The third-order valence-corrected chi connectivity index (χ3v) is 6.97. The molecule has 1 aliphatic rings. The molecule has 4 rings (SSSR count). The number of hydrogen-bond acceptors (Lipinski definition) is 6. The Morgan fingerprint density at radius 1 is 1.00 bits per heavy atom. The number of rotatable bonds is 9. The van der Waals surface area contributed by atoms with E-state index in [1.807, 2.05) is 26.0 Å². The van der Waals surface area contributed by atoms with Crippen molar-refractivity contribution in [1.29, 1.82) is 0 Å². The van der Waals surface area contributed by atoms with E-state index in [0.717, 1.165) is 27.8 Å². The first-order chi connectivity index (χ1) is 18.2. The minimum atomic E-state index is -0.533. The molecule has 0 radical (unpaired) electrons. The van der Waals surface area contributed by atoms with E-state index in [-0.39, 0.29) is 18.1 Å². The maximum Gasteiger partial charge on any atom is 0.294 e. The van der Waals surface area contributed by atoms with Crippen LogP contribution in [0.4, 0.5) is 10.5 Å². The van der Waals surface area contributed by atoms with Crippen molar-refractivity contribution in [3.05, 3.63) is 92.3 Å². The largest absolute Gasteiger partial charge is 0.490 e. The Kier molecular flexibility index (Phi) is 8.99. The van der Waals surface area contributed by atoms with Crippen LogP contribution in [0.2, 0.25) is 10.0 Å². The number of anilines is 1. The molecule has 10 heteroatoms. The Bertz CT molecular complexity index is 1410. The Balaban J connectivity index is 1.45. The monoisotopic (exact) mass is 570 g/mol. The van der Waals surface area contributed by atoms with Crippen molar-refractivity contribution in [2.24, 2.45) is 0 Å². The van der Waals surface area contributed by atoms with Crippen LogP contribution in [-0.2, 0) is 16.2 Å². The molecular formula is C28H24Cl2N2O5S. The first-order valence-corrected chi connectivity index (χ1v) is 13.3. The van der Waals surface area contributed by atoms with E-state index in [1.54, 1.807) is 54.6 Å². The zero-order chi connectivity index (χ0) is 27.2.